The van der Waals surface area contributed by atoms with E-state index in [0.29, 0.717) is 12.1 Å². The molecule has 0 spiro atoms. The third-order valence-electron chi connectivity index (χ3n) is 5.47. The van der Waals surface area contributed by atoms with E-state index in [4.69, 9.17) is 4.74 Å². The van der Waals surface area contributed by atoms with Crippen molar-refractivity contribution in [2.24, 2.45) is 0 Å². The molecule has 7 heteroatoms. The molecule has 0 radical (unpaired) electrons. The molecular formula is C24H32N2O4S. The Labute approximate surface area is 185 Å². The number of hydrogen-bond acceptors (Lipinski definition) is 4. The number of anilines is 1. The van der Waals surface area contributed by atoms with Crippen molar-refractivity contribution in [3.8, 4) is 5.75 Å². The van der Waals surface area contributed by atoms with E-state index >= 15 is 0 Å². The average molecular weight is 445 g/mol. The number of nitrogens with one attached hydrogen (secondary N) is 1. The molecule has 1 amide bonds. The Morgan fingerprint density at radius 1 is 1.23 bits per heavy atom. The van der Waals surface area contributed by atoms with Crippen LogP contribution in [0.25, 0.3) is 0 Å². The number of sulfonamides is 1. The lowest BCUT2D eigenvalue weighted by Gasteiger charge is -2.38. The maximum absolute atomic E-state index is 13.1. The highest BCUT2D eigenvalue weighted by Gasteiger charge is 2.35. The number of hydrogen-bond donors (Lipinski definition) is 1. The summed E-state index contributed by atoms with van der Waals surface area (Å²) in [6.45, 7) is 9.69. The van der Waals surface area contributed by atoms with E-state index < -0.39 is 15.6 Å². The fourth-order valence-electron chi connectivity index (χ4n) is 4.06. The van der Waals surface area contributed by atoms with Crippen LogP contribution in [-0.4, -0.2) is 32.7 Å². The Kier molecular flexibility index (Phi) is 6.37. The van der Waals surface area contributed by atoms with E-state index in [1.807, 2.05) is 65.0 Å². The standard InChI is InChI=1S/C24H32N2O4S/c1-16(2)18-9-7-8-10-21(18)26(31(6,28)29)15-23(27)25-20-14-24(4,5)30-22-12-11-17(3)13-19(20)22/h7-13,16,20H,14-15H2,1-6H3,(H,25,27)/t20-/m0/s1. The van der Waals surface area contributed by atoms with Gasteiger partial charge in [-0.1, -0.05) is 49.7 Å². The van der Waals surface area contributed by atoms with Crippen LogP contribution in [0, 0.1) is 6.92 Å². The number of carbonyl (C=O) groups is 1. The van der Waals surface area contributed by atoms with E-state index in [-0.39, 0.29) is 24.4 Å². The Bertz CT molecular complexity index is 1080. The van der Waals surface area contributed by atoms with Crippen molar-refractivity contribution in [1.29, 1.82) is 0 Å². The maximum Gasteiger partial charge on any atom is 0.241 e. The number of aryl methyl sites for hydroxylation is 1. The number of benzene rings is 2. The Hall–Kier alpha value is -2.54. The van der Waals surface area contributed by atoms with Crippen LogP contribution in [0.5, 0.6) is 5.75 Å². The second-order valence-electron chi connectivity index (χ2n) is 9.21. The lowest BCUT2D eigenvalue weighted by Crippen LogP contribution is -2.45. The van der Waals surface area contributed by atoms with Crippen molar-refractivity contribution in [2.75, 3.05) is 17.1 Å². The lowest BCUT2D eigenvalue weighted by atomic mass is 9.89. The minimum atomic E-state index is -3.65. The molecule has 168 valence electrons. The van der Waals surface area contributed by atoms with Crippen molar-refractivity contribution >= 4 is 21.6 Å². The molecule has 0 fully saturated rings. The quantitative estimate of drug-likeness (QED) is 0.721. The van der Waals surface area contributed by atoms with Crippen LogP contribution >= 0.6 is 0 Å². The number of rotatable bonds is 6. The van der Waals surface area contributed by atoms with Gasteiger partial charge in [0.1, 0.15) is 17.9 Å². The summed E-state index contributed by atoms with van der Waals surface area (Å²) in [5.41, 5.74) is 2.97. The third-order valence-corrected chi connectivity index (χ3v) is 6.60. The molecule has 0 unspecified atom stereocenters. The van der Waals surface area contributed by atoms with Gasteiger partial charge in [0, 0.05) is 12.0 Å². The van der Waals surface area contributed by atoms with Crippen molar-refractivity contribution in [3.05, 3.63) is 59.2 Å². The van der Waals surface area contributed by atoms with E-state index in [1.165, 1.54) is 4.31 Å². The van der Waals surface area contributed by atoms with Crippen LogP contribution in [0.2, 0.25) is 0 Å². The maximum atomic E-state index is 13.1. The third kappa shape index (κ3) is 5.39. The van der Waals surface area contributed by atoms with E-state index in [0.717, 1.165) is 28.7 Å². The van der Waals surface area contributed by atoms with Gasteiger partial charge in [0.15, 0.2) is 0 Å². The van der Waals surface area contributed by atoms with Gasteiger partial charge >= 0.3 is 0 Å². The molecule has 1 heterocycles. The van der Waals surface area contributed by atoms with Gasteiger partial charge in [-0.15, -0.1) is 0 Å². The summed E-state index contributed by atoms with van der Waals surface area (Å²) in [6, 6.07) is 13.0. The molecule has 1 atom stereocenters. The van der Waals surface area contributed by atoms with Gasteiger partial charge in [-0.3, -0.25) is 9.10 Å². The molecule has 2 aromatic carbocycles. The summed E-state index contributed by atoms with van der Waals surface area (Å²) >= 11 is 0. The zero-order valence-electron chi connectivity index (χ0n) is 19.1. The molecule has 31 heavy (non-hydrogen) atoms. The van der Waals surface area contributed by atoms with Gasteiger partial charge in [-0.2, -0.15) is 0 Å². The largest absolute Gasteiger partial charge is 0.487 e. The number of fused-ring (bicyclic) bond motifs is 1. The van der Waals surface area contributed by atoms with Crippen molar-refractivity contribution in [3.63, 3.8) is 0 Å². The molecule has 3 rings (SSSR count). The van der Waals surface area contributed by atoms with Crippen LogP contribution in [0.3, 0.4) is 0 Å². The predicted octanol–water partition coefficient (Wildman–Crippen LogP) is 4.30. The first-order chi connectivity index (χ1) is 14.4. The van der Waals surface area contributed by atoms with E-state index in [9.17, 15) is 13.2 Å². The van der Waals surface area contributed by atoms with Gasteiger partial charge in [-0.25, -0.2) is 8.42 Å². The molecule has 1 aliphatic heterocycles. The topological polar surface area (TPSA) is 75.7 Å². The summed E-state index contributed by atoms with van der Waals surface area (Å²) in [5.74, 6) is 0.520. The summed E-state index contributed by atoms with van der Waals surface area (Å²) in [7, 11) is -3.65. The van der Waals surface area contributed by atoms with Crippen molar-refractivity contribution < 1.29 is 17.9 Å². The first kappa shape index (κ1) is 23.1. The minimum Gasteiger partial charge on any atom is -0.487 e. The molecule has 0 aliphatic carbocycles. The van der Waals surface area contributed by atoms with Gasteiger partial charge in [0.05, 0.1) is 18.0 Å². The molecule has 0 saturated heterocycles. The zero-order chi connectivity index (χ0) is 23.0. The Morgan fingerprint density at radius 3 is 2.55 bits per heavy atom. The summed E-state index contributed by atoms with van der Waals surface area (Å²) in [4.78, 5) is 13.1. The Morgan fingerprint density at radius 2 is 1.90 bits per heavy atom. The van der Waals surface area contributed by atoms with E-state index in [2.05, 4.69) is 5.32 Å². The number of carbonyl (C=O) groups excluding carboxylic acids is 1. The summed E-state index contributed by atoms with van der Waals surface area (Å²) < 4.78 is 32.5. The first-order valence-electron chi connectivity index (χ1n) is 10.5. The summed E-state index contributed by atoms with van der Waals surface area (Å²) in [6.07, 6.45) is 1.73. The molecule has 6 nitrogen and oxygen atoms in total. The molecule has 2 aromatic rings. The predicted molar refractivity (Wildman–Crippen MR) is 124 cm³/mol. The smallest absolute Gasteiger partial charge is 0.241 e. The minimum absolute atomic E-state index is 0.120. The molecular weight excluding hydrogens is 412 g/mol. The SMILES string of the molecule is Cc1ccc2c(c1)[C@@H](NC(=O)CN(c1ccccc1C(C)C)S(C)(=O)=O)CC(C)(C)O2. The van der Waals surface area contributed by atoms with Gasteiger partial charge in [0.25, 0.3) is 0 Å². The van der Waals surface area contributed by atoms with Gasteiger partial charge in [-0.05, 0) is 44.4 Å². The summed E-state index contributed by atoms with van der Waals surface area (Å²) in [5, 5.41) is 3.05. The van der Waals surface area contributed by atoms with E-state index in [1.54, 1.807) is 12.1 Å². The Balaban J connectivity index is 1.89. The molecule has 0 bridgehead atoms. The number of nitrogens with zero attached hydrogens (tertiary/aromatic N) is 1. The monoisotopic (exact) mass is 444 g/mol. The van der Waals surface area contributed by atoms with Crippen LogP contribution in [0.4, 0.5) is 5.69 Å². The van der Waals surface area contributed by atoms with Crippen LogP contribution < -0.4 is 14.4 Å². The average Bonchev–Trinajstić information content (AvgIpc) is 2.65. The number of ether oxygens (including phenoxy) is 1. The first-order valence-corrected chi connectivity index (χ1v) is 12.4. The highest BCUT2D eigenvalue weighted by Crippen LogP contribution is 2.40. The van der Waals surface area contributed by atoms with Crippen LogP contribution in [0.1, 0.15) is 62.8 Å². The zero-order valence-corrected chi connectivity index (χ0v) is 19.9. The lowest BCUT2D eigenvalue weighted by molar-refractivity contribution is -0.120. The highest BCUT2D eigenvalue weighted by atomic mass is 32.2. The van der Waals surface area contributed by atoms with Gasteiger partial charge in [0.2, 0.25) is 15.9 Å². The van der Waals surface area contributed by atoms with Crippen molar-refractivity contribution in [2.45, 2.75) is 58.6 Å². The molecule has 0 aromatic heterocycles. The molecule has 1 N–H and O–H groups in total. The van der Waals surface area contributed by atoms with Gasteiger partial charge < -0.3 is 10.1 Å². The molecule has 0 saturated carbocycles. The fourth-order valence-corrected chi connectivity index (χ4v) is 4.93. The highest BCUT2D eigenvalue weighted by molar-refractivity contribution is 7.92. The fraction of sp³-hybridized carbons (Fsp3) is 0.458. The van der Waals surface area contributed by atoms with Crippen LogP contribution in [-0.2, 0) is 14.8 Å². The molecule has 1 aliphatic rings. The number of amides is 1. The normalized spacial score (nSPS) is 17.6. The van der Waals surface area contributed by atoms with Crippen molar-refractivity contribution in [1.82, 2.24) is 5.32 Å². The van der Waals surface area contributed by atoms with Crippen LogP contribution in [0.15, 0.2) is 42.5 Å². The second kappa shape index (κ2) is 8.54. The second-order valence-corrected chi connectivity index (χ2v) is 11.1. The number of para-hydroxylation sites is 1.